The maximum atomic E-state index is 10.5. The summed E-state index contributed by atoms with van der Waals surface area (Å²) in [5.74, 6) is 0.465. The number of aldehydes is 1. The van der Waals surface area contributed by atoms with E-state index >= 15 is 0 Å². The summed E-state index contributed by atoms with van der Waals surface area (Å²) in [5, 5.41) is 0. The van der Waals surface area contributed by atoms with Crippen LogP contribution in [0.3, 0.4) is 0 Å². The molecule has 1 aliphatic carbocycles. The van der Waals surface area contributed by atoms with Crippen molar-refractivity contribution in [3.63, 3.8) is 0 Å². The van der Waals surface area contributed by atoms with Crippen molar-refractivity contribution in [3.05, 3.63) is 12.2 Å². The first kappa shape index (κ1) is 8.47. The maximum absolute atomic E-state index is 10.5. The lowest BCUT2D eigenvalue weighted by atomic mass is 9.81. The molecule has 11 heavy (non-hydrogen) atoms. The van der Waals surface area contributed by atoms with Gasteiger partial charge in [0, 0.05) is 12.0 Å². The maximum Gasteiger partial charge on any atom is 0.123 e. The van der Waals surface area contributed by atoms with Crippen LogP contribution in [0, 0.1) is 11.8 Å². The summed E-state index contributed by atoms with van der Waals surface area (Å²) in [6.45, 7) is 1.94. The van der Waals surface area contributed by atoms with Crippen molar-refractivity contribution in [1.29, 1.82) is 0 Å². The van der Waals surface area contributed by atoms with Crippen LogP contribution in [0.5, 0.6) is 0 Å². The summed E-state index contributed by atoms with van der Waals surface area (Å²) >= 11 is 0. The van der Waals surface area contributed by atoms with Crippen LogP contribution in [0.15, 0.2) is 12.2 Å². The number of carbonyl (C=O) groups excluding carboxylic acids is 1. The van der Waals surface area contributed by atoms with Crippen molar-refractivity contribution < 1.29 is 4.79 Å². The van der Waals surface area contributed by atoms with Crippen molar-refractivity contribution in [2.75, 3.05) is 0 Å². The second-order valence-electron chi connectivity index (χ2n) is 3.27. The first-order valence-electron chi connectivity index (χ1n) is 4.11. The van der Waals surface area contributed by atoms with Gasteiger partial charge in [-0.15, -0.1) is 0 Å². The lowest BCUT2D eigenvalue weighted by Crippen LogP contribution is -2.35. The van der Waals surface area contributed by atoms with Gasteiger partial charge in [0.2, 0.25) is 0 Å². The Labute approximate surface area is 67.5 Å². The van der Waals surface area contributed by atoms with E-state index in [1.54, 1.807) is 0 Å². The third-order valence-corrected chi connectivity index (χ3v) is 2.42. The van der Waals surface area contributed by atoms with Crippen molar-refractivity contribution in [1.82, 2.24) is 0 Å². The molecule has 0 radical (unpaired) electrons. The van der Waals surface area contributed by atoms with Crippen LogP contribution in [0.1, 0.15) is 19.8 Å². The molecule has 0 fully saturated rings. The molecule has 0 spiro atoms. The first-order valence-corrected chi connectivity index (χ1v) is 4.11. The van der Waals surface area contributed by atoms with E-state index in [1.165, 1.54) is 0 Å². The van der Waals surface area contributed by atoms with Crippen LogP contribution >= 0.6 is 0 Å². The standard InChI is InChI=1S/C9H15NO/c1-7(6-11)8-4-2-3-5-9(8)10/h2-3,6-9H,4-5,10H2,1H3/t7-,8-,9-/m0/s1. The summed E-state index contributed by atoms with van der Waals surface area (Å²) in [6.07, 6.45) is 7.10. The smallest absolute Gasteiger partial charge is 0.123 e. The molecule has 0 saturated carbocycles. The zero-order valence-corrected chi connectivity index (χ0v) is 6.86. The lowest BCUT2D eigenvalue weighted by Gasteiger charge is -2.27. The molecule has 0 aliphatic heterocycles. The zero-order chi connectivity index (χ0) is 8.27. The highest BCUT2D eigenvalue weighted by Gasteiger charge is 2.23. The predicted molar refractivity (Wildman–Crippen MR) is 45.1 cm³/mol. The highest BCUT2D eigenvalue weighted by Crippen LogP contribution is 2.23. The number of carbonyl (C=O) groups is 1. The third kappa shape index (κ3) is 1.90. The Morgan fingerprint density at radius 2 is 2.18 bits per heavy atom. The second-order valence-corrected chi connectivity index (χ2v) is 3.27. The topological polar surface area (TPSA) is 43.1 Å². The Morgan fingerprint density at radius 3 is 2.73 bits per heavy atom. The van der Waals surface area contributed by atoms with Gasteiger partial charge in [0.15, 0.2) is 0 Å². The zero-order valence-electron chi connectivity index (χ0n) is 6.86. The third-order valence-electron chi connectivity index (χ3n) is 2.42. The molecule has 3 atom stereocenters. The first-order chi connectivity index (χ1) is 5.25. The SMILES string of the molecule is C[C@@H](C=O)[C@@H]1CC=CC[C@@H]1N. The highest BCUT2D eigenvalue weighted by molar-refractivity contribution is 5.53. The van der Waals surface area contributed by atoms with E-state index < -0.39 is 0 Å². The van der Waals surface area contributed by atoms with E-state index in [0.29, 0.717) is 5.92 Å². The molecule has 0 heterocycles. The Morgan fingerprint density at radius 1 is 1.55 bits per heavy atom. The monoisotopic (exact) mass is 153 g/mol. The molecule has 0 saturated heterocycles. The fourth-order valence-corrected chi connectivity index (χ4v) is 1.56. The number of hydrogen-bond donors (Lipinski definition) is 1. The fourth-order valence-electron chi connectivity index (χ4n) is 1.56. The summed E-state index contributed by atoms with van der Waals surface area (Å²) in [7, 11) is 0. The number of hydrogen-bond acceptors (Lipinski definition) is 2. The van der Waals surface area contributed by atoms with Gasteiger partial charge in [-0.2, -0.15) is 0 Å². The van der Waals surface area contributed by atoms with Crippen molar-refractivity contribution in [2.45, 2.75) is 25.8 Å². The van der Waals surface area contributed by atoms with Gasteiger partial charge < -0.3 is 10.5 Å². The van der Waals surface area contributed by atoms with E-state index in [2.05, 4.69) is 12.2 Å². The van der Waals surface area contributed by atoms with Gasteiger partial charge >= 0.3 is 0 Å². The lowest BCUT2D eigenvalue weighted by molar-refractivity contribution is -0.112. The molecule has 0 unspecified atom stereocenters. The largest absolute Gasteiger partial charge is 0.327 e. The molecule has 0 amide bonds. The summed E-state index contributed by atoms with van der Waals surface area (Å²) in [5.41, 5.74) is 5.85. The van der Waals surface area contributed by atoms with Crippen molar-refractivity contribution in [3.8, 4) is 0 Å². The number of nitrogens with two attached hydrogens (primary N) is 1. The van der Waals surface area contributed by atoms with Crippen molar-refractivity contribution >= 4 is 6.29 Å². The van der Waals surface area contributed by atoms with E-state index in [4.69, 9.17) is 5.73 Å². The Hall–Kier alpha value is -0.630. The average Bonchev–Trinajstić information content (AvgIpc) is 2.04. The van der Waals surface area contributed by atoms with Crippen LogP contribution in [-0.4, -0.2) is 12.3 Å². The Balaban J connectivity index is 2.56. The quantitative estimate of drug-likeness (QED) is 0.477. The molecule has 1 rings (SSSR count). The highest BCUT2D eigenvalue weighted by atomic mass is 16.1. The van der Waals surface area contributed by atoms with Crippen LogP contribution in [-0.2, 0) is 4.79 Å². The molecule has 0 aromatic carbocycles. The molecule has 2 nitrogen and oxygen atoms in total. The van der Waals surface area contributed by atoms with E-state index in [0.717, 1.165) is 19.1 Å². The molecule has 2 heteroatoms. The van der Waals surface area contributed by atoms with E-state index in [9.17, 15) is 4.79 Å². The Kier molecular flexibility index (Phi) is 2.83. The minimum Gasteiger partial charge on any atom is -0.327 e. The van der Waals surface area contributed by atoms with Gasteiger partial charge in [0.25, 0.3) is 0 Å². The summed E-state index contributed by atoms with van der Waals surface area (Å²) in [6, 6.07) is 0.181. The van der Waals surface area contributed by atoms with Gasteiger partial charge in [-0.1, -0.05) is 19.1 Å². The van der Waals surface area contributed by atoms with Gasteiger partial charge in [-0.25, -0.2) is 0 Å². The number of allylic oxidation sites excluding steroid dienone is 1. The minimum atomic E-state index is 0.106. The molecule has 1 aliphatic rings. The van der Waals surface area contributed by atoms with E-state index in [1.807, 2.05) is 6.92 Å². The summed E-state index contributed by atoms with van der Waals surface area (Å²) < 4.78 is 0. The van der Waals surface area contributed by atoms with Gasteiger partial charge in [0.1, 0.15) is 6.29 Å². The molecular formula is C9H15NO. The fraction of sp³-hybridized carbons (Fsp3) is 0.667. The summed E-state index contributed by atoms with van der Waals surface area (Å²) in [4.78, 5) is 10.5. The Bertz CT molecular complexity index is 165. The average molecular weight is 153 g/mol. The van der Waals surface area contributed by atoms with Gasteiger partial charge in [0.05, 0.1) is 0 Å². The number of rotatable bonds is 2. The van der Waals surface area contributed by atoms with Crippen LogP contribution < -0.4 is 5.73 Å². The van der Waals surface area contributed by atoms with Crippen LogP contribution in [0.2, 0.25) is 0 Å². The van der Waals surface area contributed by atoms with E-state index in [-0.39, 0.29) is 12.0 Å². The predicted octanol–water partition coefficient (Wildman–Crippen LogP) is 1.11. The van der Waals surface area contributed by atoms with Crippen molar-refractivity contribution in [2.24, 2.45) is 17.6 Å². The molecule has 62 valence electrons. The molecule has 2 N–H and O–H groups in total. The second kappa shape index (κ2) is 3.67. The molecule has 0 aromatic heterocycles. The van der Waals surface area contributed by atoms with Crippen LogP contribution in [0.4, 0.5) is 0 Å². The van der Waals surface area contributed by atoms with Crippen LogP contribution in [0.25, 0.3) is 0 Å². The molecule has 0 bridgehead atoms. The van der Waals surface area contributed by atoms with Gasteiger partial charge in [-0.3, -0.25) is 0 Å². The normalized spacial score (nSPS) is 33.3. The minimum absolute atomic E-state index is 0.106. The molecule has 0 aromatic rings. The molecular weight excluding hydrogens is 138 g/mol. The van der Waals surface area contributed by atoms with Gasteiger partial charge in [-0.05, 0) is 18.8 Å².